The predicted octanol–water partition coefficient (Wildman–Crippen LogP) is 17.1. The number of para-hydroxylation sites is 2. The van der Waals surface area contributed by atoms with Gasteiger partial charge in [-0.3, -0.25) is 0 Å². The smallest absolute Gasteiger partial charge is 0.0540 e. The predicted molar refractivity (Wildman–Crippen MR) is 268 cm³/mol. The van der Waals surface area contributed by atoms with Crippen molar-refractivity contribution in [3.05, 3.63) is 235 Å². The Labute approximate surface area is 370 Å². The maximum absolute atomic E-state index is 2.51. The molecule has 63 heavy (non-hydrogen) atoms. The normalized spacial score (nSPS) is 14.0. The molecule has 0 bridgehead atoms. The van der Waals surface area contributed by atoms with Crippen molar-refractivity contribution in [2.24, 2.45) is 0 Å². The van der Waals surface area contributed by atoms with Crippen molar-refractivity contribution in [1.29, 1.82) is 0 Å². The topological polar surface area (TPSA) is 3.24 Å². The Kier molecular flexibility index (Phi) is 8.30. The molecule has 0 amide bonds. The third-order valence-corrected chi connectivity index (χ3v) is 14.2. The van der Waals surface area contributed by atoms with Crippen molar-refractivity contribution in [3.63, 3.8) is 0 Å². The highest BCUT2D eigenvalue weighted by molar-refractivity contribution is 6.09. The molecule has 0 N–H and O–H groups in total. The van der Waals surface area contributed by atoms with Crippen LogP contribution in [0.25, 0.3) is 77.2 Å². The average Bonchev–Trinajstić information content (AvgIpc) is 3.71. The van der Waals surface area contributed by atoms with Crippen LogP contribution in [0.1, 0.15) is 49.9 Å². The van der Waals surface area contributed by atoms with Crippen LogP contribution in [0.2, 0.25) is 0 Å². The van der Waals surface area contributed by atoms with E-state index in [1.165, 1.54) is 99.4 Å². The summed E-state index contributed by atoms with van der Waals surface area (Å²) in [5.74, 6) is 0. The zero-order valence-corrected chi connectivity index (χ0v) is 36.2. The molecule has 0 unspecified atom stereocenters. The summed E-state index contributed by atoms with van der Waals surface area (Å²) in [5.41, 5.74) is 21.2. The van der Waals surface area contributed by atoms with E-state index >= 15 is 0 Å². The van der Waals surface area contributed by atoms with Crippen LogP contribution in [0.15, 0.2) is 212 Å². The third-order valence-electron chi connectivity index (χ3n) is 14.2. The first-order valence-corrected chi connectivity index (χ1v) is 22.3. The Balaban J connectivity index is 1.07. The van der Waals surface area contributed by atoms with E-state index in [9.17, 15) is 0 Å². The van der Waals surface area contributed by atoms with Crippen LogP contribution < -0.4 is 4.90 Å². The average molecular weight is 806 g/mol. The molecule has 0 atom stereocenters. The minimum absolute atomic E-state index is 0.109. The summed E-state index contributed by atoms with van der Waals surface area (Å²) in [6, 6.07) is 79.2. The second-order valence-corrected chi connectivity index (χ2v) is 18.5. The molecule has 0 aliphatic heterocycles. The summed E-state index contributed by atoms with van der Waals surface area (Å²) in [7, 11) is 0. The van der Waals surface area contributed by atoms with Gasteiger partial charge < -0.3 is 4.90 Å². The Morgan fingerprint density at radius 2 is 0.810 bits per heavy atom. The van der Waals surface area contributed by atoms with E-state index in [1.807, 2.05) is 0 Å². The van der Waals surface area contributed by atoms with E-state index in [2.05, 4.69) is 245 Å². The molecule has 0 saturated carbocycles. The fraction of sp³-hybridized carbons (Fsp3) is 0.0968. The van der Waals surface area contributed by atoms with Crippen LogP contribution in [0.5, 0.6) is 0 Å². The molecule has 0 heterocycles. The van der Waals surface area contributed by atoms with Crippen LogP contribution in [-0.4, -0.2) is 0 Å². The molecular weight excluding hydrogens is 759 g/mol. The molecule has 12 rings (SSSR count). The number of hydrogen-bond acceptors (Lipinski definition) is 1. The van der Waals surface area contributed by atoms with E-state index in [1.54, 1.807) is 0 Å². The second kappa shape index (κ2) is 14.0. The summed E-state index contributed by atoms with van der Waals surface area (Å²) in [4.78, 5) is 2.51. The Bertz CT molecular complexity index is 3470. The van der Waals surface area contributed by atoms with E-state index in [4.69, 9.17) is 0 Å². The van der Waals surface area contributed by atoms with Gasteiger partial charge in [-0.05, 0) is 125 Å². The Morgan fingerprint density at radius 3 is 1.57 bits per heavy atom. The monoisotopic (exact) mass is 805 g/mol. The zero-order chi connectivity index (χ0) is 42.5. The van der Waals surface area contributed by atoms with Crippen LogP contribution in [-0.2, 0) is 10.8 Å². The minimum atomic E-state index is -0.139. The number of anilines is 3. The van der Waals surface area contributed by atoms with Gasteiger partial charge in [0.2, 0.25) is 0 Å². The Morgan fingerprint density at radius 1 is 0.302 bits per heavy atom. The van der Waals surface area contributed by atoms with Gasteiger partial charge in [-0.2, -0.15) is 0 Å². The van der Waals surface area contributed by atoms with Crippen molar-refractivity contribution in [1.82, 2.24) is 0 Å². The van der Waals surface area contributed by atoms with Crippen molar-refractivity contribution in [2.45, 2.75) is 38.5 Å². The largest absolute Gasteiger partial charge is 0.309 e. The number of rotatable bonds is 6. The fourth-order valence-corrected chi connectivity index (χ4v) is 11.2. The molecule has 0 aromatic heterocycles. The lowest BCUT2D eigenvalue weighted by molar-refractivity contribution is 0.660. The first-order valence-electron chi connectivity index (χ1n) is 22.3. The summed E-state index contributed by atoms with van der Waals surface area (Å²) in [6.45, 7) is 9.50. The number of nitrogens with zero attached hydrogens (tertiary/aromatic N) is 1. The molecule has 1 nitrogen and oxygen atoms in total. The number of hydrogen-bond donors (Lipinski definition) is 0. The van der Waals surface area contributed by atoms with E-state index in [0.717, 1.165) is 17.1 Å². The van der Waals surface area contributed by atoms with Gasteiger partial charge in [-0.15, -0.1) is 0 Å². The molecule has 2 aliphatic carbocycles. The molecule has 0 radical (unpaired) electrons. The number of fused-ring (bicyclic) bond motifs is 9. The van der Waals surface area contributed by atoms with E-state index in [0.29, 0.717) is 0 Å². The molecular formula is C62H47N. The number of benzene rings is 10. The van der Waals surface area contributed by atoms with Crippen LogP contribution in [0, 0.1) is 0 Å². The van der Waals surface area contributed by atoms with Gasteiger partial charge in [0.1, 0.15) is 0 Å². The summed E-state index contributed by atoms with van der Waals surface area (Å²) < 4.78 is 0. The molecule has 0 spiro atoms. The van der Waals surface area contributed by atoms with Gasteiger partial charge in [0.15, 0.2) is 0 Å². The summed E-state index contributed by atoms with van der Waals surface area (Å²) in [5, 5.41) is 5.04. The highest BCUT2D eigenvalue weighted by Gasteiger charge is 2.38. The highest BCUT2D eigenvalue weighted by atomic mass is 15.1. The standard InChI is InChI=1S/C62H47N/c1-61(2)55-27-11-7-23-51(55)53-36-34-44(39-57(53)61)49-22-10-14-30-59(49)63(58-29-13-9-21-48(58)43-33-35-47-42(37-43)32-31-40-17-5-6-20-46(40)47)45-19-15-18-41(38-45)50-25-16-26-54-52-24-8-12-28-56(52)62(3,4)60(50)54/h5-39H,1-4H3. The van der Waals surface area contributed by atoms with Crippen LogP contribution >= 0.6 is 0 Å². The second-order valence-electron chi connectivity index (χ2n) is 18.5. The van der Waals surface area contributed by atoms with Crippen molar-refractivity contribution in [2.75, 3.05) is 4.90 Å². The van der Waals surface area contributed by atoms with Gasteiger partial charge in [0.05, 0.1) is 11.4 Å². The van der Waals surface area contributed by atoms with E-state index in [-0.39, 0.29) is 10.8 Å². The van der Waals surface area contributed by atoms with Gasteiger partial charge in [-0.25, -0.2) is 0 Å². The summed E-state index contributed by atoms with van der Waals surface area (Å²) >= 11 is 0. The lowest BCUT2D eigenvalue weighted by atomic mass is 9.79. The quantitative estimate of drug-likeness (QED) is 0.151. The molecule has 2 aliphatic rings. The van der Waals surface area contributed by atoms with Gasteiger partial charge >= 0.3 is 0 Å². The van der Waals surface area contributed by atoms with Crippen molar-refractivity contribution < 1.29 is 0 Å². The van der Waals surface area contributed by atoms with E-state index < -0.39 is 0 Å². The lowest BCUT2D eigenvalue weighted by Gasteiger charge is -2.31. The SMILES string of the molecule is CC1(C)c2ccccc2-c2ccc(-c3ccccc3N(c3cccc(-c4cccc5c4C(C)(C)c4ccccc4-5)c3)c3ccccc3-c3ccc4c(ccc5ccccc54)c3)cc21. The van der Waals surface area contributed by atoms with Gasteiger partial charge in [0.25, 0.3) is 0 Å². The highest BCUT2D eigenvalue weighted by Crippen LogP contribution is 2.54. The zero-order valence-electron chi connectivity index (χ0n) is 36.2. The molecule has 300 valence electrons. The van der Waals surface area contributed by atoms with Crippen LogP contribution in [0.4, 0.5) is 17.1 Å². The maximum atomic E-state index is 2.51. The molecule has 10 aromatic carbocycles. The molecule has 0 saturated heterocycles. The minimum Gasteiger partial charge on any atom is -0.309 e. The maximum Gasteiger partial charge on any atom is 0.0540 e. The lowest BCUT2D eigenvalue weighted by Crippen LogP contribution is -2.16. The van der Waals surface area contributed by atoms with Gasteiger partial charge in [-0.1, -0.05) is 204 Å². The molecule has 1 heteroatoms. The summed E-state index contributed by atoms with van der Waals surface area (Å²) in [6.07, 6.45) is 0. The van der Waals surface area contributed by atoms with Crippen molar-refractivity contribution >= 4 is 38.6 Å². The Hall–Kier alpha value is -7.48. The molecule has 10 aromatic rings. The van der Waals surface area contributed by atoms with Crippen LogP contribution in [0.3, 0.4) is 0 Å². The molecule has 0 fully saturated rings. The first kappa shape index (κ1) is 37.3. The van der Waals surface area contributed by atoms with Gasteiger partial charge in [0, 0.05) is 27.6 Å². The third kappa shape index (κ3) is 5.69. The first-order chi connectivity index (χ1) is 30.8. The fourth-order valence-electron chi connectivity index (χ4n) is 11.2. The van der Waals surface area contributed by atoms with Crippen molar-refractivity contribution in [3.8, 4) is 55.6 Å².